The number of rotatable bonds is 134. The number of nitrogens with zero attached hydrogens (tertiary/aromatic N) is 1. The van der Waals surface area contributed by atoms with Gasteiger partial charge in [0, 0.05) is 33.2 Å². The summed E-state index contributed by atoms with van der Waals surface area (Å²) in [7, 11) is 1.82. The van der Waals surface area contributed by atoms with E-state index in [0.29, 0.717) is 11.7 Å². The third-order valence-electron chi connectivity index (χ3n) is 33.8. The van der Waals surface area contributed by atoms with E-state index in [9.17, 15) is 14.4 Å². The number of carbonyl (C=O) groups is 3. The van der Waals surface area contributed by atoms with Gasteiger partial charge in [0.25, 0.3) is 11.8 Å². The summed E-state index contributed by atoms with van der Waals surface area (Å²) >= 11 is 0. The molecule has 2 amide bonds. The first kappa shape index (κ1) is 141. The number of unbranched alkanes of at least 4 members (excludes halogenated alkanes) is 126. The molecule has 1 rings (SSSR count). The molecule has 858 valence electrons. The lowest BCUT2D eigenvalue weighted by Gasteiger charge is -2.12. The van der Waals surface area contributed by atoms with E-state index in [1.165, 1.54) is 803 Å². The monoisotopic (exact) mass is 2030 g/mol. The Balaban J connectivity index is 1.58. The van der Waals surface area contributed by atoms with E-state index in [2.05, 4.69) is 0 Å². The lowest BCUT2D eigenvalue weighted by atomic mass is 10.0. The molecule has 0 bridgehead atoms. The Kier molecular flexibility index (Phi) is 127. The number of hydroxylamine groups is 2. The van der Waals surface area contributed by atoms with E-state index in [1.807, 2.05) is 7.11 Å². The molecule has 0 atom stereocenters. The van der Waals surface area contributed by atoms with Gasteiger partial charge >= 0.3 is 5.97 Å². The van der Waals surface area contributed by atoms with Crippen molar-refractivity contribution in [1.29, 1.82) is 0 Å². The Bertz CT molecular complexity index is 2130. The molecule has 7 heteroatoms. The van der Waals surface area contributed by atoms with Crippen molar-refractivity contribution in [3.63, 3.8) is 0 Å². The average Bonchev–Trinajstić information content (AvgIpc) is 1.73. The van der Waals surface area contributed by atoms with Gasteiger partial charge in [0.15, 0.2) is 0 Å². The molecule has 1 aliphatic rings. The van der Waals surface area contributed by atoms with Crippen molar-refractivity contribution in [3.8, 4) is 0 Å². The van der Waals surface area contributed by atoms with Gasteiger partial charge in [0.05, 0.1) is 13.0 Å². The molecule has 144 heavy (non-hydrogen) atoms. The standard InChI is InChI=1S/C137H269NO6/c1-142-132-127-125-123-121-119-117-115-113-111-109-107-105-103-101-99-97-95-93-91-89-87-85-83-81-79-77-75-73-71-69-67-65-63-61-59-57-55-53-51-49-47-45-43-41-39-37-35-33-31-29-27-25-23-21-19-17-15-13-11-9-7-5-3-2-4-6-8-10-12-14-16-18-20-22-24-26-28-30-32-34-36-38-40-42-44-46-48-50-52-54-56-58-60-62-64-66-68-70-72-74-76-78-80-82-84-86-88-90-92-94-96-98-100-102-104-106-108-110-112-114-116-118-120-122-124-126-128-133-143-134-131-137(141)144-138-135(139)129-130-136(138)140/h2-134H2,1H3. The molecule has 0 spiro atoms. The van der Waals surface area contributed by atoms with Crippen LogP contribution in [0, 0.1) is 0 Å². The Hall–Kier alpha value is -1.47. The summed E-state index contributed by atoms with van der Waals surface area (Å²) in [6.07, 6.45) is 187. The quantitative estimate of drug-likeness (QED) is 0.0446. The third kappa shape index (κ3) is 122. The van der Waals surface area contributed by atoms with Crippen molar-refractivity contribution in [2.24, 2.45) is 0 Å². The predicted octanol–water partition coefficient (Wildman–Crippen LogP) is 49.2. The first-order valence-corrected chi connectivity index (χ1v) is 68.8. The second kappa shape index (κ2) is 130. The normalized spacial score (nSPS) is 12.4. The molecule has 0 N–H and O–H groups in total. The van der Waals surface area contributed by atoms with Crippen LogP contribution >= 0.6 is 0 Å². The summed E-state index contributed by atoms with van der Waals surface area (Å²) in [5.41, 5.74) is 0. The van der Waals surface area contributed by atoms with Crippen LogP contribution in [0.4, 0.5) is 0 Å². The number of hydrogen-bond acceptors (Lipinski definition) is 6. The molecule has 0 aliphatic carbocycles. The number of amides is 2. The maximum Gasteiger partial charge on any atom is 0.335 e. The molecule has 0 aromatic rings. The van der Waals surface area contributed by atoms with Crippen molar-refractivity contribution in [3.05, 3.63) is 0 Å². The SMILES string of the molecule is COCCCCCCCCCCCCCCCCCCCCCCCCCCCCCCCCCCCCCCCCCCCCCCCCCCCCCCCCCCCCCCCCCCCCCCCCCCCCCCCCCCCCCCCCCCCCCCCCCCCCCCCCCCCCCCCCCCCCCCCCCCCCCCCCCOCCC(=O)ON1C(=O)CCC1=O. The van der Waals surface area contributed by atoms with Gasteiger partial charge in [0.2, 0.25) is 0 Å². The zero-order valence-corrected chi connectivity index (χ0v) is 99.4. The topological polar surface area (TPSA) is 82.1 Å². The number of carbonyl (C=O) groups excluding carboxylic acids is 3. The summed E-state index contributed by atoms with van der Waals surface area (Å²) in [4.78, 5) is 39.7. The average molecular weight is 2030 g/mol. The third-order valence-corrected chi connectivity index (χ3v) is 33.8. The first-order chi connectivity index (χ1) is 71.6. The second-order valence-electron chi connectivity index (χ2n) is 48.3. The Labute approximate surface area is 907 Å². The van der Waals surface area contributed by atoms with Crippen LogP contribution in [0.5, 0.6) is 0 Å². The smallest absolute Gasteiger partial charge is 0.335 e. The van der Waals surface area contributed by atoms with Crippen LogP contribution in [0.25, 0.3) is 0 Å². The van der Waals surface area contributed by atoms with Crippen LogP contribution in [0.15, 0.2) is 0 Å². The first-order valence-electron chi connectivity index (χ1n) is 68.8. The molecule has 1 heterocycles. The largest absolute Gasteiger partial charge is 0.385 e. The number of hydrogen-bond donors (Lipinski definition) is 0. The molecule has 0 aromatic carbocycles. The zero-order chi connectivity index (χ0) is 102. The molecule has 1 fully saturated rings. The van der Waals surface area contributed by atoms with Gasteiger partial charge in [0.1, 0.15) is 0 Å². The van der Waals surface area contributed by atoms with Crippen LogP contribution in [-0.4, -0.2) is 49.8 Å². The minimum Gasteiger partial charge on any atom is -0.385 e. The Morgan fingerprint density at radius 1 is 0.146 bits per heavy atom. The predicted molar refractivity (Wildman–Crippen MR) is 641 cm³/mol. The molecule has 7 nitrogen and oxygen atoms in total. The number of imide groups is 1. The van der Waals surface area contributed by atoms with Crippen LogP contribution in [0.2, 0.25) is 0 Å². The summed E-state index contributed by atoms with van der Waals surface area (Å²) in [5, 5.41) is 0.599. The van der Waals surface area contributed by atoms with E-state index in [4.69, 9.17) is 14.3 Å². The van der Waals surface area contributed by atoms with Gasteiger partial charge < -0.3 is 14.3 Å². The maximum atomic E-state index is 11.8. The van der Waals surface area contributed by atoms with Gasteiger partial charge in [-0.15, -0.1) is 5.06 Å². The van der Waals surface area contributed by atoms with E-state index >= 15 is 0 Å². The van der Waals surface area contributed by atoms with Gasteiger partial charge in [-0.1, -0.05) is 803 Å². The van der Waals surface area contributed by atoms with E-state index in [1.54, 1.807) is 0 Å². The van der Waals surface area contributed by atoms with Crippen molar-refractivity contribution in [2.45, 2.75) is 835 Å². The summed E-state index contributed by atoms with van der Waals surface area (Å²) in [6.45, 7) is 1.84. The van der Waals surface area contributed by atoms with Gasteiger partial charge in [-0.05, 0) is 12.8 Å². The summed E-state index contributed by atoms with van der Waals surface area (Å²) in [5.74, 6) is -1.49. The highest BCUT2D eigenvalue weighted by atomic mass is 16.7. The maximum absolute atomic E-state index is 11.8. The highest BCUT2D eigenvalue weighted by Gasteiger charge is 2.33. The molecular formula is C137H269NO6. The van der Waals surface area contributed by atoms with Gasteiger partial charge in [-0.3, -0.25) is 9.59 Å². The van der Waals surface area contributed by atoms with Crippen molar-refractivity contribution < 1.29 is 28.7 Å². The van der Waals surface area contributed by atoms with Crippen LogP contribution in [0.1, 0.15) is 835 Å². The summed E-state index contributed by atoms with van der Waals surface area (Å²) in [6, 6.07) is 0. The summed E-state index contributed by atoms with van der Waals surface area (Å²) < 4.78 is 10.7. The van der Waals surface area contributed by atoms with Crippen molar-refractivity contribution >= 4 is 17.8 Å². The van der Waals surface area contributed by atoms with E-state index in [-0.39, 0.29) is 25.9 Å². The Morgan fingerprint density at radius 2 is 0.236 bits per heavy atom. The fraction of sp³-hybridized carbons (Fsp3) is 0.978. The van der Waals surface area contributed by atoms with Gasteiger partial charge in [-0.25, -0.2) is 4.79 Å². The van der Waals surface area contributed by atoms with Crippen LogP contribution < -0.4 is 0 Å². The molecule has 0 saturated carbocycles. The minimum atomic E-state index is -0.594. The molecule has 1 saturated heterocycles. The van der Waals surface area contributed by atoms with E-state index < -0.39 is 17.8 Å². The molecule has 1 aliphatic heterocycles. The fourth-order valence-corrected chi connectivity index (χ4v) is 23.6. The van der Waals surface area contributed by atoms with Crippen LogP contribution in [-0.2, 0) is 28.7 Å². The lowest BCUT2D eigenvalue weighted by Crippen LogP contribution is -2.32. The van der Waals surface area contributed by atoms with Crippen molar-refractivity contribution in [2.75, 3.05) is 26.9 Å². The highest BCUT2D eigenvalue weighted by molar-refractivity contribution is 6.01. The lowest BCUT2D eigenvalue weighted by molar-refractivity contribution is -0.198. The highest BCUT2D eigenvalue weighted by Crippen LogP contribution is 2.28. The second-order valence-corrected chi connectivity index (χ2v) is 48.3. The van der Waals surface area contributed by atoms with Crippen LogP contribution in [0.3, 0.4) is 0 Å². The zero-order valence-electron chi connectivity index (χ0n) is 99.4. The number of methoxy groups -OCH3 is 1. The fourth-order valence-electron chi connectivity index (χ4n) is 23.6. The Morgan fingerprint density at radius 3 is 0.333 bits per heavy atom. The van der Waals surface area contributed by atoms with Crippen molar-refractivity contribution in [1.82, 2.24) is 5.06 Å². The minimum absolute atomic E-state index is 0.0525. The molecular weight excluding hydrogens is 1760 g/mol. The van der Waals surface area contributed by atoms with E-state index in [0.717, 1.165) is 19.4 Å². The number of ether oxygens (including phenoxy) is 2. The molecule has 0 aromatic heterocycles. The molecule has 0 radical (unpaired) electrons. The van der Waals surface area contributed by atoms with Gasteiger partial charge in [-0.2, -0.15) is 0 Å². The molecule has 0 unspecified atom stereocenters.